The molecule has 0 radical (unpaired) electrons. The molecule has 86 valence electrons. The van der Waals surface area contributed by atoms with Crippen molar-refractivity contribution in [3.8, 4) is 0 Å². The maximum absolute atomic E-state index is 12.0. The normalized spacial score (nSPS) is 19.4. The minimum Gasteiger partial charge on any atom is -0.327 e. The molecule has 0 aromatic rings. The Balaban J connectivity index is 4.79. The third-order valence-corrected chi connectivity index (χ3v) is 6.02. The summed E-state index contributed by atoms with van der Waals surface area (Å²) in [4.78, 5) is 0. The van der Waals surface area contributed by atoms with E-state index >= 15 is 0 Å². The second-order valence-electron chi connectivity index (χ2n) is 4.32. The molecule has 3 unspecified atom stereocenters. The molecule has 0 rings (SSSR count). The number of sulfone groups is 1. The molecular weight excluding hydrogens is 198 g/mol. The Morgan fingerprint density at radius 2 is 1.50 bits per heavy atom. The Labute approximate surface area is 88.0 Å². The van der Waals surface area contributed by atoms with Crippen LogP contribution >= 0.6 is 0 Å². The fraction of sp³-hybridized carbons (Fsp3) is 1.00. The highest BCUT2D eigenvalue weighted by molar-refractivity contribution is 7.92. The largest absolute Gasteiger partial charge is 0.327 e. The van der Waals surface area contributed by atoms with Gasteiger partial charge >= 0.3 is 0 Å². The molecule has 0 aliphatic carbocycles. The van der Waals surface area contributed by atoms with E-state index in [0.717, 1.165) is 0 Å². The van der Waals surface area contributed by atoms with E-state index in [9.17, 15) is 8.42 Å². The van der Waals surface area contributed by atoms with Gasteiger partial charge in [0.1, 0.15) is 0 Å². The maximum atomic E-state index is 12.0. The quantitative estimate of drug-likeness (QED) is 0.766. The number of rotatable bonds is 5. The van der Waals surface area contributed by atoms with Crippen LogP contribution in [0, 0.1) is 5.92 Å². The zero-order valence-corrected chi connectivity index (χ0v) is 10.6. The zero-order chi connectivity index (χ0) is 11.5. The number of nitrogens with two attached hydrogens (primary N) is 1. The molecule has 0 heterocycles. The second kappa shape index (κ2) is 5.12. The molecule has 0 fully saturated rings. The van der Waals surface area contributed by atoms with Crippen molar-refractivity contribution in [3.05, 3.63) is 0 Å². The lowest BCUT2D eigenvalue weighted by molar-refractivity contribution is 0.515. The summed E-state index contributed by atoms with van der Waals surface area (Å²) in [7, 11) is -3.07. The number of hydrogen-bond donors (Lipinski definition) is 1. The van der Waals surface area contributed by atoms with Crippen LogP contribution in [0.15, 0.2) is 0 Å². The molecule has 3 nitrogen and oxygen atoms in total. The Kier molecular flexibility index (Phi) is 5.09. The summed E-state index contributed by atoms with van der Waals surface area (Å²) in [6, 6.07) is -0.249. The molecule has 0 saturated heterocycles. The summed E-state index contributed by atoms with van der Waals surface area (Å²) >= 11 is 0. The third kappa shape index (κ3) is 2.95. The van der Waals surface area contributed by atoms with Crippen LogP contribution in [0.2, 0.25) is 0 Å². The predicted molar refractivity (Wildman–Crippen MR) is 60.9 cm³/mol. The lowest BCUT2D eigenvalue weighted by Gasteiger charge is -2.25. The standard InChI is InChI=1S/C10H23NO2S/c1-6-10(11)9(5)14(12,13)8(4)7(2)3/h7-10H,6,11H2,1-5H3. The van der Waals surface area contributed by atoms with E-state index in [1.165, 1.54) is 0 Å². The smallest absolute Gasteiger partial charge is 0.157 e. The molecule has 0 aliphatic rings. The predicted octanol–water partition coefficient (Wildman–Crippen LogP) is 1.57. The van der Waals surface area contributed by atoms with Crippen molar-refractivity contribution in [1.82, 2.24) is 0 Å². The Bertz CT molecular complexity index is 259. The Morgan fingerprint density at radius 3 is 1.79 bits per heavy atom. The monoisotopic (exact) mass is 221 g/mol. The first kappa shape index (κ1) is 13.9. The van der Waals surface area contributed by atoms with Gasteiger partial charge in [-0.15, -0.1) is 0 Å². The minimum absolute atomic E-state index is 0.145. The van der Waals surface area contributed by atoms with Crippen LogP contribution in [-0.4, -0.2) is 25.0 Å². The van der Waals surface area contributed by atoms with Crippen molar-refractivity contribution in [2.45, 2.75) is 57.6 Å². The first-order chi connectivity index (χ1) is 6.25. The van der Waals surface area contributed by atoms with Crippen molar-refractivity contribution < 1.29 is 8.42 Å². The Hall–Kier alpha value is -0.0900. The second-order valence-corrected chi connectivity index (χ2v) is 6.98. The molecule has 4 heteroatoms. The van der Waals surface area contributed by atoms with Crippen LogP contribution in [0.5, 0.6) is 0 Å². The van der Waals surface area contributed by atoms with Crippen molar-refractivity contribution >= 4 is 9.84 Å². The van der Waals surface area contributed by atoms with Gasteiger partial charge in [-0.05, 0) is 26.2 Å². The van der Waals surface area contributed by atoms with E-state index in [2.05, 4.69) is 0 Å². The minimum atomic E-state index is -3.07. The molecule has 0 aromatic heterocycles. The summed E-state index contributed by atoms with van der Waals surface area (Å²) in [5.74, 6) is 0.145. The van der Waals surface area contributed by atoms with Gasteiger partial charge in [0.15, 0.2) is 9.84 Å². The zero-order valence-electron chi connectivity index (χ0n) is 9.82. The maximum Gasteiger partial charge on any atom is 0.157 e. The van der Waals surface area contributed by atoms with Gasteiger partial charge in [0.25, 0.3) is 0 Å². The third-order valence-electron chi connectivity index (χ3n) is 3.05. The molecule has 0 spiro atoms. The van der Waals surface area contributed by atoms with Gasteiger partial charge in [-0.3, -0.25) is 0 Å². The summed E-state index contributed by atoms with van der Waals surface area (Å²) in [5.41, 5.74) is 5.76. The van der Waals surface area contributed by atoms with Gasteiger partial charge < -0.3 is 5.73 Å². The average Bonchev–Trinajstić information content (AvgIpc) is 2.13. The van der Waals surface area contributed by atoms with E-state index in [1.54, 1.807) is 13.8 Å². The highest BCUT2D eigenvalue weighted by Gasteiger charge is 2.32. The fourth-order valence-corrected chi connectivity index (χ4v) is 3.41. The summed E-state index contributed by atoms with van der Waals surface area (Å²) < 4.78 is 24.0. The van der Waals surface area contributed by atoms with E-state index in [-0.39, 0.29) is 17.2 Å². The van der Waals surface area contributed by atoms with Gasteiger partial charge in [0.05, 0.1) is 10.5 Å². The van der Waals surface area contributed by atoms with Crippen LogP contribution in [0.25, 0.3) is 0 Å². The highest BCUT2D eigenvalue weighted by Crippen LogP contribution is 2.19. The highest BCUT2D eigenvalue weighted by atomic mass is 32.2. The molecule has 0 aromatic carbocycles. The summed E-state index contributed by atoms with van der Waals surface area (Å²) in [6.07, 6.45) is 0.700. The van der Waals surface area contributed by atoms with Gasteiger partial charge in [0.2, 0.25) is 0 Å². The first-order valence-electron chi connectivity index (χ1n) is 5.23. The van der Waals surface area contributed by atoms with Crippen molar-refractivity contribution in [3.63, 3.8) is 0 Å². The first-order valence-corrected chi connectivity index (χ1v) is 6.84. The average molecular weight is 221 g/mol. The lowest BCUT2D eigenvalue weighted by Crippen LogP contribution is -2.43. The fourth-order valence-electron chi connectivity index (χ4n) is 1.29. The van der Waals surface area contributed by atoms with Crippen LogP contribution in [0.4, 0.5) is 0 Å². The van der Waals surface area contributed by atoms with Gasteiger partial charge in [0, 0.05) is 6.04 Å². The van der Waals surface area contributed by atoms with Crippen LogP contribution in [-0.2, 0) is 9.84 Å². The molecule has 0 amide bonds. The van der Waals surface area contributed by atoms with E-state index in [1.807, 2.05) is 20.8 Å². The SMILES string of the molecule is CCC(N)C(C)S(=O)(=O)C(C)C(C)C. The topological polar surface area (TPSA) is 60.2 Å². The molecule has 0 saturated carbocycles. The van der Waals surface area contributed by atoms with Gasteiger partial charge in [-0.25, -0.2) is 8.42 Å². The Morgan fingerprint density at radius 1 is 1.07 bits per heavy atom. The summed E-state index contributed by atoms with van der Waals surface area (Å²) in [6.45, 7) is 9.23. The molecule has 3 atom stereocenters. The lowest BCUT2D eigenvalue weighted by atomic mass is 10.1. The van der Waals surface area contributed by atoms with Crippen LogP contribution in [0.1, 0.15) is 41.0 Å². The van der Waals surface area contributed by atoms with Crippen molar-refractivity contribution in [2.75, 3.05) is 0 Å². The van der Waals surface area contributed by atoms with Gasteiger partial charge in [-0.1, -0.05) is 20.8 Å². The summed E-state index contributed by atoms with van der Waals surface area (Å²) in [5, 5.41) is -0.750. The number of hydrogen-bond acceptors (Lipinski definition) is 3. The molecule has 0 bridgehead atoms. The molecule has 2 N–H and O–H groups in total. The van der Waals surface area contributed by atoms with Crippen molar-refractivity contribution in [2.24, 2.45) is 11.7 Å². The van der Waals surface area contributed by atoms with Crippen LogP contribution in [0.3, 0.4) is 0 Å². The molecule has 14 heavy (non-hydrogen) atoms. The molecule has 0 aliphatic heterocycles. The molecular formula is C10H23NO2S. The van der Waals surface area contributed by atoms with E-state index in [4.69, 9.17) is 5.73 Å². The van der Waals surface area contributed by atoms with Gasteiger partial charge in [-0.2, -0.15) is 0 Å². The van der Waals surface area contributed by atoms with E-state index < -0.39 is 15.1 Å². The van der Waals surface area contributed by atoms with Crippen LogP contribution < -0.4 is 5.73 Å². The van der Waals surface area contributed by atoms with E-state index in [0.29, 0.717) is 6.42 Å². The van der Waals surface area contributed by atoms with Crippen molar-refractivity contribution in [1.29, 1.82) is 0 Å².